The zero-order chi connectivity index (χ0) is 13.4. The van der Waals surface area contributed by atoms with Crippen LogP contribution in [0.1, 0.15) is 48.5 Å². The highest BCUT2D eigenvalue weighted by Crippen LogP contribution is 2.51. The van der Waals surface area contributed by atoms with Crippen LogP contribution in [0.15, 0.2) is 0 Å². The monoisotopic (exact) mass is 221 g/mol. The van der Waals surface area contributed by atoms with E-state index in [0.717, 1.165) is 0 Å². The van der Waals surface area contributed by atoms with Crippen LogP contribution in [-0.2, 0) is 0 Å². The second-order valence-corrected chi connectivity index (χ2v) is 6.68. The van der Waals surface area contributed by atoms with Crippen LogP contribution in [0.5, 0.6) is 0 Å². The van der Waals surface area contributed by atoms with Gasteiger partial charge in [-0.1, -0.05) is 41.5 Å². The van der Waals surface area contributed by atoms with Crippen molar-refractivity contribution in [2.24, 2.45) is 22.0 Å². The van der Waals surface area contributed by atoms with Crippen molar-refractivity contribution in [2.45, 2.75) is 54.0 Å². The Morgan fingerprint density at radius 1 is 0.750 bits per heavy atom. The van der Waals surface area contributed by atoms with Crippen molar-refractivity contribution in [3.63, 3.8) is 0 Å². The van der Waals surface area contributed by atoms with Crippen molar-refractivity contribution in [3.8, 4) is 12.1 Å². The number of nitrogens with two attached hydrogens (primary N) is 1. The van der Waals surface area contributed by atoms with E-state index < -0.39 is 16.4 Å². The summed E-state index contributed by atoms with van der Waals surface area (Å²) >= 11 is 0. The Kier molecular flexibility index (Phi) is 3.50. The van der Waals surface area contributed by atoms with E-state index in [0.29, 0.717) is 0 Å². The molecule has 0 aliphatic carbocycles. The first-order valence-corrected chi connectivity index (χ1v) is 5.49. The van der Waals surface area contributed by atoms with Crippen LogP contribution < -0.4 is 5.73 Å². The van der Waals surface area contributed by atoms with Gasteiger partial charge in [0.25, 0.3) is 0 Å². The summed E-state index contributed by atoms with van der Waals surface area (Å²) in [6.45, 7) is 13.3. The van der Waals surface area contributed by atoms with Crippen LogP contribution >= 0.6 is 0 Å². The number of rotatable bonds is 1. The molecule has 0 heterocycles. The summed E-state index contributed by atoms with van der Waals surface area (Å²) in [5, 5.41) is 18.9. The fourth-order valence-corrected chi connectivity index (χ4v) is 1.93. The smallest absolute Gasteiger partial charge is 0.166 e. The molecule has 0 bridgehead atoms. The summed E-state index contributed by atoms with van der Waals surface area (Å²) in [4.78, 5) is 0. The maximum Gasteiger partial charge on any atom is 0.166 e. The van der Waals surface area contributed by atoms with E-state index in [1.165, 1.54) is 0 Å². The minimum Gasteiger partial charge on any atom is -0.323 e. The minimum absolute atomic E-state index is 0.328. The van der Waals surface area contributed by atoms with Crippen molar-refractivity contribution in [2.75, 3.05) is 0 Å². The molecule has 0 fully saturated rings. The van der Waals surface area contributed by atoms with Crippen molar-refractivity contribution in [1.29, 1.82) is 10.5 Å². The molecule has 0 saturated carbocycles. The molecule has 16 heavy (non-hydrogen) atoms. The standard InChI is InChI=1S/C13H23N3/c1-10(2,3)12(7,16)13(8-14,9-15)11(4,5)6/h16H2,1-7H3. The molecule has 0 aliphatic heterocycles. The normalized spacial score (nSPS) is 17.1. The Labute approximate surface area is 99.2 Å². The van der Waals surface area contributed by atoms with Crippen LogP contribution in [0.4, 0.5) is 0 Å². The van der Waals surface area contributed by atoms with E-state index in [1.807, 2.05) is 41.5 Å². The first-order valence-electron chi connectivity index (χ1n) is 5.49. The molecule has 0 rings (SSSR count). The predicted molar refractivity (Wildman–Crippen MR) is 65.2 cm³/mol. The maximum absolute atomic E-state index is 9.46. The van der Waals surface area contributed by atoms with Gasteiger partial charge in [0.15, 0.2) is 5.41 Å². The first-order chi connectivity index (χ1) is 6.87. The lowest BCUT2D eigenvalue weighted by molar-refractivity contribution is 0.0368. The molecule has 0 aromatic carbocycles. The SMILES string of the molecule is CC(C)(C)C(C)(N)C(C#N)(C#N)C(C)(C)C. The largest absolute Gasteiger partial charge is 0.323 e. The van der Waals surface area contributed by atoms with Crippen LogP contribution in [-0.4, -0.2) is 5.54 Å². The molecule has 0 amide bonds. The lowest BCUT2D eigenvalue weighted by atomic mass is 9.51. The number of nitrogens with zero attached hydrogens (tertiary/aromatic N) is 2. The maximum atomic E-state index is 9.46. The van der Waals surface area contributed by atoms with E-state index in [9.17, 15) is 10.5 Å². The van der Waals surface area contributed by atoms with E-state index in [1.54, 1.807) is 6.92 Å². The van der Waals surface area contributed by atoms with Crippen LogP contribution in [0.3, 0.4) is 0 Å². The van der Waals surface area contributed by atoms with E-state index >= 15 is 0 Å². The lowest BCUT2D eigenvalue weighted by Gasteiger charge is -2.51. The highest BCUT2D eigenvalue weighted by molar-refractivity contribution is 5.30. The number of nitriles is 2. The second kappa shape index (κ2) is 3.75. The summed E-state index contributed by atoms with van der Waals surface area (Å²) in [5.74, 6) is 0. The van der Waals surface area contributed by atoms with Gasteiger partial charge in [-0.3, -0.25) is 0 Å². The third-order valence-electron chi connectivity index (χ3n) is 3.80. The van der Waals surface area contributed by atoms with E-state index in [-0.39, 0.29) is 5.41 Å². The quantitative estimate of drug-likeness (QED) is 0.740. The van der Waals surface area contributed by atoms with Gasteiger partial charge >= 0.3 is 0 Å². The molecular weight excluding hydrogens is 198 g/mol. The fraction of sp³-hybridized carbons (Fsp3) is 0.846. The molecule has 0 aromatic rings. The Bertz CT molecular complexity index is 325. The summed E-state index contributed by atoms with van der Waals surface area (Å²) in [6.07, 6.45) is 0. The van der Waals surface area contributed by atoms with Crippen molar-refractivity contribution in [1.82, 2.24) is 0 Å². The second-order valence-electron chi connectivity index (χ2n) is 6.68. The zero-order valence-electron chi connectivity index (χ0n) is 11.5. The van der Waals surface area contributed by atoms with Gasteiger partial charge in [0.1, 0.15) is 0 Å². The summed E-state index contributed by atoms with van der Waals surface area (Å²) in [7, 11) is 0. The molecule has 90 valence electrons. The molecule has 0 radical (unpaired) electrons. The average Bonchev–Trinajstić information content (AvgIpc) is 2.01. The summed E-state index contributed by atoms with van der Waals surface area (Å²) in [6, 6.07) is 4.33. The topological polar surface area (TPSA) is 73.6 Å². The third-order valence-corrected chi connectivity index (χ3v) is 3.80. The molecule has 1 unspecified atom stereocenters. The first kappa shape index (κ1) is 14.9. The Morgan fingerprint density at radius 2 is 1.06 bits per heavy atom. The van der Waals surface area contributed by atoms with Crippen LogP contribution in [0.25, 0.3) is 0 Å². The molecule has 2 N–H and O–H groups in total. The molecule has 0 spiro atoms. The zero-order valence-corrected chi connectivity index (χ0v) is 11.5. The van der Waals surface area contributed by atoms with Crippen LogP contribution in [0.2, 0.25) is 0 Å². The predicted octanol–water partition coefficient (Wildman–Crippen LogP) is 2.83. The average molecular weight is 221 g/mol. The van der Waals surface area contributed by atoms with Gasteiger partial charge in [0.05, 0.1) is 17.7 Å². The van der Waals surface area contributed by atoms with Gasteiger partial charge in [0, 0.05) is 0 Å². The molecule has 0 saturated heterocycles. The van der Waals surface area contributed by atoms with Crippen LogP contribution in [0, 0.1) is 38.9 Å². The van der Waals surface area contributed by atoms with Gasteiger partial charge in [0.2, 0.25) is 0 Å². The molecule has 0 aliphatic rings. The molecule has 1 atom stereocenters. The summed E-state index contributed by atoms with van der Waals surface area (Å²) in [5.41, 5.74) is 3.42. The molecule has 0 aromatic heterocycles. The van der Waals surface area contributed by atoms with Gasteiger partial charge < -0.3 is 5.73 Å². The lowest BCUT2D eigenvalue weighted by Crippen LogP contribution is -2.64. The number of hydrogen-bond donors (Lipinski definition) is 1. The van der Waals surface area contributed by atoms with Gasteiger partial charge in [-0.15, -0.1) is 0 Å². The molecule has 3 heteroatoms. The van der Waals surface area contributed by atoms with Gasteiger partial charge in [-0.05, 0) is 17.8 Å². The fourth-order valence-electron chi connectivity index (χ4n) is 1.93. The van der Waals surface area contributed by atoms with Crippen molar-refractivity contribution in [3.05, 3.63) is 0 Å². The van der Waals surface area contributed by atoms with Gasteiger partial charge in [-0.25, -0.2) is 0 Å². The Hall–Kier alpha value is -1.06. The van der Waals surface area contributed by atoms with E-state index in [2.05, 4.69) is 12.1 Å². The van der Waals surface area contributed by atoms with Crippen molar-refractivity contribution >= 4 is 0 Å². The molecular formula is C13H23N3. The molecule has 3 nitrogen and oxygen atoms in total. The minimum atomic E-state index is -1.21. The van der Waals surface area contributed by atoms with Crippen molar-refractivity contribution < 1.29 is 0 Å². The summed E-state index contributed by atoms with van der Waals surface area (Å²) < 4.78 is 0. The third kappa shape index (κ3) is 1.81. The highest BCUT2D eigenvalue weighted by Gasteiger charge is 2.59. The van der Waals surface area contributed by atoms with E-state index in [4.69, 9.17) is 5.73 Å². The Balaban J connectivity index is 5.99. The Morgan fingerprint density at radius 3 is 1.12 bits per heavy atom. The number of hydrogen-bond acceptors (Lipinski definition) is 3. The highest BCUT2D eigenvalue weighted by atomic mass is 14.8. The van der Waals surface area contributed by atoms with Gasteiger partial charge in [-0.2, -0.15) is 10.5 Å².